The quantitative estimate of drug-likeness (QED) is 0.817. The molecule has 0 fully saturated rings. The van der Waals surface area contributed by atoms with Crippen LogP contribution in [0.3, 0.4) is 0 Å². The van der Waals surface area contributed by atoms with E-state index in [0.717, 1.165) is 17.8 Å². The van der Waals surface area contributed by atoms with E-state index in [1.54, 1.807) is 17.0 Å². The van der Waals surface area contributed by atoms with Gasteiger partial charge in [-0.2, -0.15) is 0 Å². The van der Waals surface area contributed by atoms with Crippen LogP contribution >= 0.6 is 0 Å². The van der Waals surface area contributed by atoms with E-state index in [9.17, 15) is 4.79 Å². The lowest BCUT2D eigenvalue weighted by Gasteiger charge is -2.10. The number of carbonyl (C=O) groups is 1. The van der Waals surface area contributed by atoms with Gasteiger partial charge in [0.25, 0.3) is 0 Å². The molecule has 0 bridgehead atoms. The first-order chi connectivity index (χ1) is 9.83. The highest BCUT2D eigenvalue weighted by Gasteiger charge is 2.14. The predicted octanol–water partition coefficient (Wildman–Crippen LogP) is 2.43. The molecule has 1 aliphatic rings. The van der Waals surface area contributed by atoms with Crippen LogP contribution in [0, 0.1) is 0 Å². The summed E-state index contributed by atoms with van der Waals surface area (Å²) in [6.45, 7) is 0.256. The largest absolute Gasteiger partial charge is 0.411 e. The summed E-state index contributed by atoms with van der Waals surface area (Å²) in [5.74, 6) is 0.00559. The summed E-state index contributed by atoms with van der Waals surface area (Å²) in [6, 6.07) is 13.5. The molecule has 0 spiro atoms. The fraction of sp³-hybridized carbons (Fsp3) is 0.125. The van der Waals surface area contributed by atoms with E-state index in [1.807, 2.05) is 42.5 Å². The van der Waals surface area contributed by atoms with E-state index in [-0.39, 0.29) is 12.5 Å². The zero-order chi connectivity index (χ0) is 13.8. The average Bonchev–Trinajstić information content (AvgIpc) is 3.31. The standard InChI is InChI=1S/C16H16N3O/c20-16(19-10-4-1-5-11-19)12-17-14-6-2-3-7-15(14)18-13-8-9-13/h1-8,10-11,17-18H,9,12H2/q+1. The van der Waals surface area contributed by atoms with Gasteiger partial charge in [-0.05, 0) is 12.1 Å². The molecule has 0 saturated heterocycles. The molecule has 2 N–H and O–H groups in total. The van der Waals surface area contributed by atoms with E-state index < -0.39 is 0 Å². The van der Waals surface area contributed by atoms with Gasteiger partial charge in [-0.15, -0.1) is 4.57 Å². The molecule has 20 heavy (non-hydrogen) atoms. The number of hydrogen-bond donors (Lipinski definition) is 2. The van der Waals surface area contributed by atoms with E-state index in [1.165, 1.54) is 5.70 Å². The minimum atomic E-state index is 0.00559. The van der Waals surface area contributed by atoms with Crippen LogP contribution in [-0.4, -0.2) is 12.5 Å². The van der Waals surface area contributed by atoms with Crippen molar-refractivity contribution in [2.24, 2.45) is 0 Å². The number of hydrogen-bond acceptors (Lipinski definition) is 3. The Kier molecular flexibility index (Phi) is 3.46. The van der Waals surface area contributed by atoms with Crippen molar-refractivity contribution in [3.63, 3.8) is 0 Å². The first kappa shape index (κ1) is 12.4. The van der Waals surface area contributed by atoms with Crippen LogP contribution in [0.1, 0.15) is 11.2 Å². The summed E-state index contributed by atoms with van der Waals surface area (Å²) in [5, 5.41) is 6.51. The highest BCUT2D eigenvalue weighted by Crippen LogP contribution is 2.27. The molecule has 4 nitrogen and oxygen atoms in total. The Morgan fingerprint density at radius 2 is 1.75 bits per heavy atom. The van der Waals surface area contributed by atoms with Crippen LogP contribution in [0.5, 0.6) is 0 Å². The summed E-state index contributed by atoms with van der Waals surface area (Å²) < 4.78 is 1.58. The normalized spacial score (nSPS) is 12.5. The highest BCUT2D eigenvalue weighted by atomic mass is 16.2. The van der Waals surface area contributed by atoms with Gasteiger partial charge in [0.15, 0.2) is 12.4 Å². The molecule has 100 valence electrons. The lowest BCUT2D eigenvalue weighted by atomic mass is 10.2. The Balaban J connectivity index is 1.66. The molecule has 0 aliphatic heterocycles. The van der Waals surface area contributed by atoms with Gasteiger partial charge in [-0.1, -0.05) is 24.3 Å². The van der Waals surface area contributed by atoms with Gasteiger partial charge < -0.3 is 10.6 Å². The summed E-state index contributed by atoms with van der Waals surface area (Å²) in [6.07, 6.45) is 6.65. The number of anilines is 2. The van der Waals surface area contributed by atoms with Gasteiger partial charge in [-0.25, -0.2) is 4.79 Å². The van der Waals surface area contributed by atoms with Crippen LogP contribution in [-0.2, 0) is 0 Å². The van der Waals surface area contributed by atoms with Crippen molar-refractivity contribution >= 4 is 17.3 Å². The van der Waals surface area contributed by atoms with Gasteiger partial charge in [0.05, 0.1) is 11.4 Å². The van der Waals surface area contributed by atoms with Crippen molar-refractivity contribution < 1.29 is 9.36 Å². The molecule has 0 amide bonds. The summed E-state index contributed by atoms with van der Waals surface area (Å²) >= 11 is 0. The van der Waals surface area contributed by atoms with Crippen molar-refractivity contribution in [2.75, 3.05) is 17.2 Å². The summed E-state index contributed by atoms with van der Waals surface area (Å²) in [7, 11) is 0. The van der Waals surface area contributed by atoms with Crippen molar-refractivity contribution in [3.8, 4) is 0 Å². The number of nitrogens with one attached hydrogen (secondary N) is 2. The molecule has 1 heterocycles. The van der Waals surface area contributed by atoms with Gasteiger partial charge in [0.2, 0.25) is 0 Å². The molecule has 1 aliphatic carbocycles. The number of benzene rings is 1. The second-order valence-corrected chi connectivity index (χ2v) is 4.63. The number of nitrogens with zero attached hydrogens (tertiary/aromatic N) is 1. The Labute approximate surface area is 117 Å². The maximum atomic E-state index is 12.0. The highest BCUT2D eigenvalue weighted by molar-refractivity contribution is 5.77. The molecule has 0 atom stereocenters. The average molecular weight is 266 g/mol. The lowest BCUT2D eigenvalue weighted by molar-refractivity contribution is -0.573. The Bertz CT molecular complexity index is 650. The Hall–Kier alpha value is -2.62. The Morgan fingerprint density at radius 3 is 2.45 bits per heavy atom. The lowest BCUT2D eigenvalue weighted by Crippen LogP contribution is -2.45. The van der Waals surface area contributed by atoms with E-state index >= 15 is 0 Å². The van der Waals surface area contributed by atoms with E-state index in [0.29, 0.717) is 0 Å². The van der Waals surface area contributed by atoms with Crippen molar-refractivity contribution in [2.45, 2.75) is 6.42 Å². The van der Waals surface area contributed by atoms with Crippen molar-refractivity contribution in [3.05, 3.63) is 66.6 Å². The Morgan fingerprint density at radius 1 is 1.05 bits per heavy atom. The fourth-order valence-electron chi connectivity index (χ4n) is 1.90. The van der Waals surface area contributed by atoms with Gasteiger partial charge >= 0.3 is 5.91 Å². The molecule has 0 saturated carbocycles. The number of carbonyl (C=O) groups excluding carboxylic acids is 1. The monoisotopic (exact) mass is 266 g/mol. The van der Waals surface area contributed by atoms with Crippen molar-refractivity contribution in [1.82, 2.24) is 0 Å². The smallest absolute Gasteiger partial charge is 0.371 e. The zero-order valence-corrected chi connectivity index (χ0v) is 11.0. The SMILES string of the molecule is O=C(CNc1ccccc1NC1=CC1)[n+]1ccccc1. The summed E-state index contributed by atoms with van der Waals surface area (Å²) in [4.78, 5) is 12.0. The van der Waals surface area contributed by atoms with Crippen LogP contribution in [0.2, 0.25) is 0 Å². The van der Waals surface area contributed by atoms with Crippen LogP contribution in [0.4, 0.5) is 11.4 Å². The number of pyridine rings is 1. The van der Waals surface area contributed by atoms with Crippen molar-refractivity contribution in [1.29, 1.82) is 0 Å². The minimum Gasteiger partial charge on any atom is -0.371 e. The van der Waals surface area contributed by atoms with Gasteiger partial charge in [0.1, 0.15) is 6.54 Å². The molecule has 0 radical (unpaired) electrons. The van der Waals surface area contributed by atoms with Crippen LogP contribution in [0.15, 0.2) is 66.6 Å². The predicted molar refractivity (Wildman–Crippen MR) is 78.5 cm³/mol. The van der Waals surface area contributed by atoms with E-state index in [2.05, 4.69) is 16.7 Å². The molecule has 4 heteroatoms. The fourth-order valence-corrected chi connectivity index (χ4v) is 1.90. The van der Waals surface area contributed by atoms with E-state index in [4.69, 9.17) is 0 Å². The third kappa shape index (κ3) is 3.03. The molecule has 1 aromatic carbocycles. The zero-order valence-electron chi connectivity index (χ0n) is 11.0. The molecular weight excluding hydrogens is 250 g/mol. The number of rotatable bonds is 5. The maximum Gasteiger partial charge on any atom is 0.411 e. The number of aromatic nitrogens is 1. The second kappa shape index (κ2) is 5.57. The van der Waals surface area contributed by atoms with Crippen LogP contribution < -0.4 is 15.2 Å². The molecule has 3 rings (SSSR count). The third-order valence-corrected chi connectivity index (χ3v) is 3.06. The molecule has 1 aromatic heterocycles. The first-order valence-corrected chi connectivity index (χ1v) is 6.61. The molecule has 2 aromatic rings. The number of para-hydroxylation sites is 2. The molecule has 0 unspecified atom stereocenters. The third-order valence-electron chi connectivity index (χ3n) is 3.06. The summed E-state index contributed by atoms with van der Waals surface area (Å²) in [5.41, 5.74) is 3.16. The maximum absolute atomic E-state index is 12.0. The van der Waals surface area contributed by atoms with Gasteiger partial charge in [0, 0.05) is 24.3 Å². The minimum absolute atomic E-state index is 0.00559. The van der Waals surface area contributed by atoms with Gasteiger partial charge in [-0.3, -0.25) is 0 Å². The topological polar surface area (TPSA) is 45.0 Å². The van der Waals surface area contributed by atoms with Crippen LogP contribution in [0.25, 0.3) is 0 Å². The second-order valence-electron chi connectivity index (χ2n) is 4.63. The first-order valence-electron chi connectivity index (χ1n) is 6.61. The number of allylic oxidation sites excluding steroid dienone is 2. The molecular formula is C16H16N3O+.